The topological polar surface area (TPSA) is 108 Å². The maximum absolute atomic E-state index is 11.6. The van der Waals surface area contributed by atoms with Crippen LogP contribution in [0.3, 0.4) is 0 Å². The van der Waals surface area contributed by atoms with E-state index in [1.54, 1.807) is 6.92 Å². The Hall–Kier alpha value is -2.60. The number of carbonyl (C=O) groups excluding carboxylic acids is 1. The van der Waals surface area contributed by atoms with E-state index in [0.717, 1.165) is 0 Å². The zero-order chi connectivity index (χ0) is 16.1. The van der Waals surface area contributed by atoms with E-state index in [-0.39, 0.29) is 24.9 Å². The largest absolute Gasteiger partial charge is 0.462 e. The molecular weight excluding hydrogens is 352 g/mol. The van der Waals surface area contributed by atoms with E-state index < -0.39 is 5.97 Å². The summed E-state index contributed by atoms with van der Waals surface area (Å²) < 4.78 is 6.73. The molecule has 0 fully saturated rings. The van der Waals surface area contributed by atoms with Crippen LogP contribution >= 0.6 is 15.9 Å². The summed E-state index contributed by atoms with van der Waals surface area (Å²) in [5, 5.41) is 6.95. The highest BCUT2D eigenvalue weighted by Crippen LogP contribution is 2.26. The third-order valence-electron chi connectivity index (χ3n) is 2.52. The molecule has 0 aliphatic rings. The fourth-order valence-electron chi connectivity index (χ4n) is 1.56. The normalized spacial score (nSPS) is 10.0. The molecule has 2 aromatic heterocycles. The number of hydrogen-bond donors (Lipinski definition) is 2. The molecule has 2 heterocycles. The van der Waals surface area contributed by atoms with Crippen molar-refractivity contribution in [1.29, 1.82) is 0 Å². The Bertz CT molecular complexity index is 737. The van der Waals surface area contributed by atoms with Gasteiger partial charge in [0, 0.05) is 6.20 Å². The standard InChI is InChI=1S/C13H13BrN6O2/c1-3-5-16-11-9(14)10(15)18-13(19-11)20-7-8(6-17-20)12(21)22-4-2/h1,6-7H,4-5H2,2H3,(H3,15,16,18,19). The molecule has 0 radical (unpaired) electrons. The molecule has 0 aliphatic heterocycles. The molecule has 9 heteroatoms. The van der Waals surface area contributed by atoms with Crippen molar-refractivity contribution in [3.8, 4) is 18.3 Å². The molecule has 2 rings (SSSR count). The summed E-state index contributed by atoms with van der Waals surface area (Å²) in [6.45, 7) is 2.29. The number of carbonyl (C=O) groups is 1. The van der Waals surface area contributed by atoms with E-state index in [0.29, 0.717) is 15.9 Å². The van der Waals surface area contributed by atoms with Gasteiger partial charge in [-0.25, -0.2) is 9.48 Å². The van der Waals surface area contributed by atoms with Crippen molar-refractivity contribution < 1.29 is 9.53 Å². The Balaban J connectivity index is 2.35. The molecule has 0 bridgehead atoms. The minimum Gasteiger partial charge on any atom is -0.462 e. The number of aromatic nitrogens is 4. The van der Waals surface area contributed by atoms with Gasteiger partial charge in [-0.3, -0.25) is 0 Å². The first-order valence-corrected chi connectivity index (χ1v) is 7.08. The van der Waals surface area contributed by atoms with Crippen LogP contribution in [0.5, 0.6) is 0 Å². The Morgan fingerprint density at radius 3 is 3.05 bits per heavy atom. The summed E-state index contributed by atoms with van der Waals surface area (Å²) in [6, 6.07) is 0. The highest BCUT2D eigenvalue weighted by molar-refractivity contribution is 9.10. The number of esters is 1. The third kappa shape index (κ3) is 3.35. The van der Waals surface area contributed by atoms with Crippen LogP contribution in [0.1, 0.15) is 17.3 Å². The lowest BCUT2D eigenvalue weighted by molar-refractivity contribution is 0.0526. The molecule has 0 saturated carbocycles. The monoisotopic (exact) mass is 364 g/mol. The molecule has 114 valence electrons. The molecule has 3 N–H and O–H groups in total. The van der Waals surface area contributed by atoms with Gasteiger partial charge in [-0.2, -0.15) is 15.1 Å². The minimum atomic E-state index is -0.468. The fourth-order valence-corrected chi connectivity index (χ4v) is 1.88. The smallest absolute Gasteiger partial charge is 0.341 e. The van der Waals surface area contributed by atoms with Crippen LogP contribution in [0.4, 0.5) is 11.6 Å². The van der Waals surface area contributed by atoms with Gasteiger partial charge in [0.1, 0.15) is 16.1 Å². The SMILES string of the molecule is C#CCNc1nc(-n2cc(C(=O)OCC)cn2)nc(N)c1Br. The van der Waals surface area contributed by atoms with E-state index in [1.807, 2.05) is 0 Å². The van der Waals surface area contributed by atoms with Gasteiger partial charge in [0.05, 0.1) is 24.9 Å². The number of terminal acetylenes is 1. The van der Waals surface area contributed by atoms with Gasteiger partial charge in [0.25, 0.3) is 5.95 Å². The lowest BCUT2D eigenvalue weighted by Crippen LogP contribution is -2.10. The van der Waals surface area contributed by atoms with E-state index in [9.17, 15) is 4.79 Å². The van der Waals surface area contributed by atoms with Crippen LogP contribution in [-0.4, -0.2) is 38.9 Å². The predicted molar refractivity (Wildman–Crippen MR) is 84.5 cm³/mol. The van der Waals surface area contributed by atoms with Crippen molar-refractivity contribution >= 4 is 33.5 Å². The van der Waals surface area contributed by atoms with Crippen LogP contribution in [0.15, 0.2) is 16.9 Å². The number of nitrogen functional groups attached to an aromatic ring is 1. The second-order valence-electron chi connectivity index (χ2n) is 4.02. The van der Waals surface area contributed by atoms with Crippen LogP contribution in [-0.2, 0) is 4.74 Å². The van der Waals surface area contributed by atoms with Crippen LogP contribution in [0.2, 0.25) is 0 Å². The number of halogens is 1. The first kappa shape index (κ1) is 15.8. The second kappa shape index (κ2) is 6.91. The van der Waals surface area contributed by atoms with Gasteiger partial charge in [0.2, 0.25) is 0 Å². The first-order valence-electron chi connectivity index (χ1n) is 6.29. The second-order valence-corrected chi connectivity index (χ2v) is 4.82. The van der Waals surface area contributed by atoms with Gasteiger partial charge >= 0.3 is 5.97 Å². The molecule has 0 aliphatic carbocycles. The first-order chi connectivity index (χ1) is 10.6. The van der Waals surface area contributed by atoms with E-state index in [4.69, 9.17) is 16.9 Å². The van der Waals surface area contributed by atoms with Crippen LogP contribution in [0, 0.1) is 12.3 Å². The van der Waals surface area contributed by atoms with Crippen LogP contribution in [0.25, 0.3) is 5.95 Å². The van der Waals surface area contributed by atoms with Crippen molar-refractivity contribution in [2.45, 2.75) is 6.92 Å². The molecular formula is C13H13BrN6O2. The summed E-state index contributed by atoms with van der Waals surface area (Å²) in [5.74, 6) is 2.83. The molecule has 0 saturated heterocycles. The molecule has 0 unspecified atom stereocenters. The highest BCUT2D eigenvalue weighted by Gasteiger charge is 2.14. The number of rotatable bonds is 5. The molecule has 22 heavy (non-hydrogen) atoms. The van der Waals surface area contributed by atoms with Crippen molar-refractivity contribution in [2.75, 3.05) is 24.2 Å². The number of hydrogen-bond acceptors (Lipinski definition) is 7. The summed E-state index contributed by atoms with van der Waals surface area (Å²) in [7, 11) is 0. The summed E-state index contributed by atoms with van der Waals surface area (Å²) in [5.41, 5.74) is 6.12. The fraction of sp³-hybridized carbons (Fsp3) is 0.231. The van der Waals surface area contributed by atoms with Crippen LogP contribution < -0.4 is 11.1 Å². The molecule has 0 amide bonds. The number of anilines is 2. The van der Waals surface area contributed by atoms with E-state index >= 15 is 0 Å². The van der Waals surface area contributed by atoms with Crippen molar-refractivity contribution in [2.24, 2.45) is 0 Å². The predicted octanol–water partition coefficient (Wildman–Crippen LogP) is 1.23. The Morgan fingerprint density at radius 2 is 2.36 bits per heavy atom. The highest BCUT2D eigenvalue weighted by atomic mass is 79.9. The number of nitrogens with two attached hydrogens (primary N) is 1. The zero-order valence-electron chi connectivity index (χ0n) is 11.7. The summed E-state index contributed by atoms with van der Waals surface area (Å²) in [6.07, 6.45) is 8.04. The van der Waals surface area contributed by atoms with E-state index in [1.165, 1.54) is 17.1 Å². The molecule has 0 spiro atoms. The Labute approximate surface area is 135 Å². The molecule has 0 atom stereocenters. The van der Waals surface area contributed by atoms with E-state index in [2.05, 4.69) is 42.2 Å². The molecule has 0 aromatic carbocycles. The summed E-state index contributed by atoms with van der Waals surface area (Å²) in [4.78, 5) is 20.0. The number of nitrogens with zero attached hydrogens (tertiary/aromatic N) is 4. The van der Waals surface area contributed by atoms with Gasteiger partial charge in [-0.15, -0.1) is 6.42 Å². The average Bonchev–Trinajstić information content (AvgIpc) is 2.99. The Kier molecular flexibility index (Phi) is 4.95. The molecule has 2 aromatic rings. The maximum atomic E-state index is 11.6. The lowest BCUT2D eigenvalue weighted by atomic mass is 10.4. The van der Waals surface area contributed by atoms with Crippen molar-refractivity contribution in [1.82, 2.24) is 19.7 Å². The average molecular weight is 365 g/mol. The summed E-state index contributed by atoms with van der Waals surface area (Å²) >= 11 is 3.28. The quantitative estimate of drug-likeness (QED) is 0.606. The lowest BCUT2D eigenvalue weighted by Gasteiger charge is -2.09. The third-order valence-corrected chi connectivity index (χ3v) is 3.30. The van der Waals surface area contributed by atoms with Crippen molar-refractivity contribution in [3.63, 3.8) is 0 Å². The molecule has 8 nitrogen and oxygen atoms in total. The zero-order valence-corrected chi connectivity index (χ0v) is 13.3. The van der Waals surface area contributed by atoms with Gasteiger partial charge in [0.15, 0.2) is 0 Å². The Morgan fingerprint density at radius 1 is 1.59 bits per heavy atom. The van der Waals surface area contributed by atoms with Gasteiger partial charge in [-0.1, -0.05) is 5.92 Å². The number of nitrogens with one attached hydrogen (secondary N) is 1. The van der Waals surface area contributed by atoms with Crippen molar-refractivity contribution in [3.05, 3.63) is 22.4 Å². The van der Waals surface area contributed by atoms with Gasteiger partial charge < -0.3 is 15.8 Å². The maximum Gasteiger partial charge on any atom is 0.341 e. The number of ether oxygens (including phenoxy) is 1. The van der Waals surface area contributed by atoms with Gasteiger partial charge in [-0.05, 0) is 22.9 Å². The minimum absolute atomic E-state index is 0.204.